The van der Waals surface area contributed by atoms with Crippen LogP contribution in [0.3, 0.4) is 0 Å². The number of rotatable bonds is 7. The van der Waals surface area contributed by atoms with Crippen LogP contribution in [0.5, 0.6) is 0 Å². The summed E-state index contributed by atoms with van der Waals surface area (Å²) < 4.78 is 0.904. The number of anilines is 2. The van der Waals surface area contributed by atoms with Crippen molar-refractivity contribution in [3.8, 4) is 0 Å². The molecule has 1 aliphatic rings. The minimum Gasteiger partial charge on any atom is -0.353 e. The molecule has 154 valence electrons. The number of piperazine rings is 1. The van der Waals surface area contributed by atoms with E-state index in [0.717, 1.165) is 35.2 Å². The monoisotopic (exact) mass is 507 g/mol. The van der Waals surface area contributed by atoms with Crippen molar-refractivity contribution in [2.75, 3.05) is 36.4 Å². The van der Waals surface area contributed by atoms with Gasteiger partial charge in [-0.1, -0.05) is 54.6 Å². The van der Waals surface area contributed by atoms with Crippen LogP contribution >= 0.6 is 22.6 Å². The van der Waals surface area contributed by atoms with E-state index in [-0.39, 0.29) is 0 Å². The minimum absolute atomic E-state index is 0.399. The zero-order valence-corrected chi connectivity index (χ0v) is 18.9. The first kappa shape index (κ1) is 21.4. The van der Waals surface area contributed by atoms with Crippen molar-refractivity contribution in [2.24, 2.45) is 0 Å². The van der Waals surface area contributed by atoms with Crippen molar-refractivity contribution in [3.05, 3.63) is 75.9 Å². The molecule has 0 aliphatic carbocycles. The molecule has 1 aliphatic heterocycles. The summed E-state index contributed by atoms with van der Waals surface area (Å²) in [5, 5.41) is 14.4. The second-order valence-electron chi connectivity index (χ2n) is 7.30. The van der Waals surface area contributed by atoms with Gasteiger partial charge >= 0.3 is 0 Å². The molecule has 0 radical (unpaired) electrons. The van der Waals surface area contributed by atoms with Gasteiger partial charge in [0.05, 0.1) is 4.92 Å². The summed E-state index contributed by atoms with van der Waals surface area (Å²) >= 11 is 2.35. The molecule has 1 aromatic heterocycles. The van der Waals surface area contributed by atoms with E-state index in [1.807, 2.05) is 29.3 Å². The summed E-state index contributed by atoms with van der Waals surface area (Å²) in [6.07, 6.45) is 2.88. The van der Waals surface area contributed by atoms with Crippen molar-refractivity contribution in [2.45, 2.75) is 24.2 Å². The Labute approximate surface area is 185 Å². The molecule has 0 amide bonds. The molecule has 7 nitrogen and oxygen atoms in total. The highest BCUT2D eigenvalue weighted by molar-refractivity contribution is 14.1. The Balaban J connectivity index is 1.70. The third-order valence-electron chi connectivity index (χ3n) is 5.01. The number of hydrogen-bond acceptors (Lipinski definition) is 6. The normalized spacial score (nSPS) is 15.0. The molecule has 0 bridgehead atoms. The highest BCUT2D eigenvalue weighted by atomic mass is 127. The molecule has 2 heterocycles. The lowest BCUT2D eigenvalue weighted by Gasteiger charge is -2.37. The fourth-order valence-corrected chi connectivity index (χ4v) is 3.97. The SMILES string of the molecule is CC(C)c1ccc(N/C(=C/[N+](=O)[O-])N2CCN(c3ncccc3CI)CC2)cc1. The van der Waals surface area contributed by atoms with E-state index >= 15 is 0 Å². The average Bonchev–Trinajstić information content (AvgIpc) is 2.73. The Morgan fingerprint density at radius 1 is 1.24 bits per heavy atom. The van der Waals surface area contributed by atoms with E-state index in [2.05, 4.69) is 69.8 Å². The number of hydrogen-bond donors (Lipinski definition) is 1. The molecular weight excluding hydrogens is 481 g/mol. The van der Waals surface area contributed by atoms with Crippen LogP contribution in [0.1, 0.15) is 30.9 Å². The van der Waals surface area contributed by atoms with Gasteiger partial charge in [-0.05, 0) is 29.7 Å². The second-order valence-corrected chi connectivity index (χ2v) is 8.06. The van der Waals surface area contributed by atoms with Gasteiger partial charge in [0.1, 0.15) is 5.82 Å². The first-order valence-electron chi connectivity index (χ1n) is 9.70. The number of aromatic nitrogens is 1. The lowest BCUT2D eigenvalue weighted by atomic mass is 10.0. The molecule has 2 aromatic rings. The number of pyridine rings is 1. The molecule has 8 heteroatoms. The van der Waals surface area contributed by atoms with Gasteiger partial charge in [-0.25, -0.2) is 4.98 Å². The number of alkyl halides is 1. The maximum Gasteiger partial charge on any atom is 0.274 e. The molecular formula is C21H26IN5O2. The van der Waals surface area contributed by atoms with Crippen LogP contribution in [0.25, 0.3) is 0 Å². The first-order chi connectivity index (χ1) is 14.0. The molecule has 1 fully saturated rings. The van der Waals surface area contributed by atoms with Crippen LogP contribution < -0.4 is 10.2 Å². The maximum atomic E-state index is 11.2. The van der Waals surface area contributed by atoms with E-state index in [4.69, 9.17) is 0 Å². The zero-order chi connectivity index (χ0) is 20.8. The van der Waals surface area contributed by atoms with Crippen molar-refractivity contribution in [1.82, 2.24) is 9.88 Å². The quantitative estimate of drug-likeness (QED) is 0.259. The van der Waals surface area contributed by atoms with Crippen LogP contribution in [0.4, 0.5) is 11.5 Å². The minimum atomic E-state index is -0.399. The van der Waals surface area contributed by atoms with E-state index < -0.39 is 4.92 Å². The fourth-order valence-electron chi connectivity index (χ4n) is 3.37. The number of halogens is 1. The number of benzene rings is 1. The fraction of sp³-hybridized carbons (Fsp3) is 0.381. The largest absolute Gasteiger partial charge is 0.353 e. The summed E-state index contributed by atoms with van der Waals surface area (Å²) in [4.78, 5) is 19.6. The number of nitro groups is 1. The van der Waals surface area contributed by atoms with E-state index in [1.54, 1.807) is 0 Å². The van der Waals surface area contributed by atoms with Crippen LogP contribution in [-0.2, 0) is 4.43 Å². The molecule has 1 aromatic carbocycles. The maximum absolute atomic E-state index is 11.2. The Hall–Kier alpha value is -2.36. The van der Waals surface area contributed by atoms with Crippen LogP contribution in [0.15, 0.2) is 54.6 Å². The Morgan fingerprint density at radius 3 is 2.52 bits per heavy atom. The molecule has 29 heavy (non-hydrogen) atoms. The second kappa shape index (κ2) is 9.91. The van der Waals surface area contributed by atoms with E-state index in [0.29, 0.717) is 24.8 Å². The summed E-state index contributed by atoms with van der Waals surface area (Å²) in [7, 11) is 0. The van der Waals surface area contributed by atoms with Gasteiger partial charge in [-0.15, -0.1) is 0 Å². The summed E-state index contributed by atoms with van der Waals surface area (Å²) in [5.41, 5.74) is 3.30. The lowest BCUT2D eigenvalue weighted by molar-refractivity contribution is -0.404. The molecule has 0 atom stereocenters. The van der Waals surface area contributed by atoms with E-state index in [1.165, 1.54) is 11.1 Å². The van der Waals surface area contributed by atoms with Gasteiger partial charge in [-0.3, -0.25) is 10.1 Å². The van der Waals surface area contributed by atoms with Crippen molar-refractivity contribution in [3.63, 3.8) is 0 Å². The summed E-state index contributed by atoms with van der Waals surface area (Å²) in [6.45, 7) is 7.20. The van der Waals surface area contributed by atoms with Crippen molar-refractivity contribution in [1.29, 1.82) is 0 Å². The van der Waals surface area contributed by atoms with Gasteiger partial charge in [0.25, 0.3) is 6.20 Å². The molecule has 1 N–H and O–H groups in total. The van der Waals surface area contributed by atoms with Crippen LogP contribution in [0, 0.1) is 10.1 Å². The first-order valence-corrected chi connectivity index (χ1v) is 11.2. The van der Waals surface area contributed by atoms with Crippen LogP contribution in [-0.4, -0.2) is 41.0 Å². The molecule has 0 spiro atoms. The van der Waals surface area contributed by atoms with Crippen molar-refractivity contribution >= 4 is 34.1 Å². The van der Waals surface area contributed by atoms with Crippen LogP contribution in [0.2, 0.25) is 0 Å². The number of nitrogens with zero attached hydrogens (tertiary/aromatic N) is 4. The highest BCUT2D eigenvalue weighted by Crippen LogP contribution is 2.23. The highest BCUT2D eigenvalue weighted by Gasteiger charge is 2.23. The summed E-state index contributed by atoms with van der Waals surface area (Å²) in [6, 6.07) is 12.1. The van der Waals surface area contributed by atoms with Gasteiger partial charge in [0.15, 0.2) is 5.82 Å². The Morgan fingerprint density at radius 2 is 1.93 bits per heavy atom. The predicted molar refractivity (Wildman–Crippen MR) is 125 cm³/mol. The third kappa shape index (κ3) is 5.59. The van der Waals surface area contributed by atoms with Gasteiger partial charge in [0, 0.05) is 48.1 Å². The van der Waals surface area contributed by atoms with E-state index in [9.17, 15) is 10.1 Å². The Kier molecular flexibility index (Phi) is 7.29. The van der Waals surface area contributed by atoms with Crippen molar-refractivity contribution < 1.29 is 4.92 Å². The molecule has 3 rings (SSSR count). The number of nitrogens with one attached hydrogen (secondary N) is 1. The van der Waals surface area contributed by atoms with Gasteiger partial charge in [0.2, 0.25) is 0 Å². The topological polar surface area (TPSA) is 74.5 Å². The third-order valence-corrected chi connectivity index (χ3v) is 5.83. The molecule has 1 saturated heterocycles. The smallest absolute Gasteiger partial charge is 0.274 e. The molecule has 0 unspecified atom stereocenters. The summed E-state index contributed by atoms with van der Waals surface area (Å²) in [5.74, 6) is 1.98. The van der Waals surface area contributed by atoms with Gasteiger partial charge in [-0.2, -0.15) is 0 Å². The zero-order valence-electron chi connectivity index (χ0n) is 16.7. The standard InChI is InChI=1S/C21H26IN5O2/c1-16(2)17-5-7-19(8-6-17)24-20(15-27(28)29)25-10-12-26(13-11-25)21-18(14-22)4-3-9-23-21/h3-9,15-16,24H,10-14H2,1-2H3/b20-15-. The average molecular weight is 507 g/mol. The molecule has 0 saturated carbocycles. The predicted octanol–water partition coefficient (Wildman–Crippen LogP) is 4.45. The lowest BCUT2D eigenvalue weighted by Crippen LogP contribution is -2.47. The van der Waals surface area contributed by atoms with Gasteiger partial charge < -0.3 is 15.1 Å². The Bertz CT molecular complexity index is 862.